The van der Waals surface area contributed by atoms with Crippen LogP contribution in [-0.4, -0.2) is 26.8 Å². The molecule has 2 aromatic rings. The van der Waals surface area contributed by atoms with Crippen LogP contribution in [0.25, 0.3) is 0 Å². The van der Waals surface area contributed by atoms with E-state index < -0.39 is 10.0 Å². The van der Waals surface area contributed by atoms with Gasteiger partial charge in [-0.15, -0.1) is 6.58 Å². The second-order valence-corrected chi connectivity index (χ2v) is 8.58. The van der Waals surface area contributed by atoms with E-state index in [-0.39, 0.29) is 30.0 Å². The highest BCUT2D eigenvalue weighted by Crippen LogP contribution is 2.15. The van der Waals surface area contributed by atoms with Crippen LogP contribution < -0.4 is 15.4 Å². The van der Waals surface area contributed by atoms with Crippen LogP contribution in [0.15, 0.2) is 61.2 Å². The third-order valence-corrected chi connectivity index (χ3v) is 5.27. The molecule has 0 atom stereocenters. The van der Waals surface area contributed by atoms with E-state index in [2.05, 4.69) is 21.9 Å². The molecule has 3 N–H and O–H groups in total. The smallest absolute Gasteiger partial charge is 0.255 e. The lowest BCUT2D eigenvalue weighted by atomic mass is 10.1. The molecule has 8 heteroatoms. The fourth-order valence-corrected chi connectivity index (χ4v) is 3.44. The SMILES string of the molecule is C=CCNS(=O)(=O)Cc1ccc(NC(=O)c2ccc(NC(=O)C(C)C)cc2)cc1. The van der Waals surface area contributed by atoms with Gasteiger partial charge in [-0.1, -0.05) is 32.1 Å². The molecule has 0 radical (unpaired) electrons. The Bertz CT molecular complexity index is 966. The molecule has 7 nitrogen and oxygen atoms in total. The summed E-state index contributed by atoms with van der Waals surface area (Å²) in [4.78, 5) is 24.1. The topological polar surface area (TPSA) is 104 Å². The standard InChI is InChI=1S/C21H25N3O4S/c1-4-13-22-29(27,28)14-16-5-9-18(10-6-16)24-21(26)17-7-11-19(12-8-17)23-20(25)15(2)3/h4-12,15,22H,1,13-14H2,2-3H3,(H,23,25)(H,24,26). The molecule has 0 heterocycles. The number of hydrogen-bond acceptors (Lipinski definition) is 4. The highest BCUT2D eigenvalue weighted by atomic mass is 32.2. The van der Waals surface area contributed by atoms with E-state index >= 15 is 0 Å². The Labute approximate surface area is 171 Å². The van der Waals surface area contributed by atoms with Gasteiger partial charge < -0.3 is 10.6 Å². The first kappa shape index (κ1) is 22.3. The molecule has 0 spiro atoms. The van der Waals surface area contributed by atoms with Crippen LogP contribution in [-0.2, 0) is 20.6 Å². The molecule has 0 unspecified atom stereocenters. The third kappa shape index (κ3) is 7.17. The van der Waals surface area contributed by atoms with Crippen molar-refractivity contribution >= 4 is 33.2 Å². The monoisotopic (exact) mass is 415 g/mol. The van der Waals surface area contributed by atoms with Gasteiger partial charge in [0.1, 0.15) is 0 Å². The van der Waals surface area contributed by atoms with Crippen molar-refractivity contribution in [3.63, 3.8) is 0 Å². The molecule has 0 saturated carbocycles. The molecular weight excluding hydrogens is 390 g/mol. The Hall–Kier alpha value is -2.97. The van der Waals surface area contributed by atoms with Gasteiger partial charge in [-0.05, 0) is 42.0 Å². The van der Waals surface area contributed by atoms with Gasteiger partial charge in [0.15, 0.2) is 0 Å². The first-order chi connectivity index (χ1) is 13.7. The van der Waals surface area contributed by atoms with Gasteiger partial charge >= 0.3 is 0 Å². The summed E-state index contributed by atoms with van der Waals surface area (Å²) in [7, 11) is -3.43. The lowest BCUT2D eigenvalue weighted by Gasteiger charge is -2.10. The van der Waals surface area contributed by atoms with Crippen molar-refractivity contribution in [1.29, 1.82) is 0 Å². The summed E-state index contributed by atoms with van der Waals surface area (Å²) in [5, 5.41) is 5.52. The number of sulfonamides is 1. The summed E-state index contributed by atoms with van der Waals surface area (Å²) >= 11 is 0. The molecule has 0 aliphatic heterocycles. The molecule has 2 rings (SSSR count). The van der Waals surface area contributed by atoms with Crippen molar-refractivity contribution in [2.45, 2.75) is 19.6 Å². The summed E-state index contributed by atoms with van der Waals surface area (Å²) in [6, 6.07) is 13.2. The van der Waals surface area contributed by atoms with Crippen molar-refractivity contribution in [1.82, 2.24) is 4.72 Å². The number of anilines is 2. The van der Waals surface area contributed by atoms with Gasteiger partial charge in [-0.25, -0.2) is 13.1 Å². The van der Waals surface area contributed by atoms with Crippen LogP contribution in [0.1, 0.15) is 29.8 Å². The molecule has 2 aromatic carbocycles. The first-order valence-electron chi connectivity index (χ1n) is 9.09. The maximum atomic E-state index is 12.4. The number of carbonyl (C=O) groups is 2. The van der Waals surface area contributed by atoms with E-state index in [1.165, 1.54) is 6.08 Å². The Balaban J connectivity index is 1.97. The van der Waals surface area contributed by atoms with E-state index in [0.29, 0.717) is 22.5 Å². The van der Waals surface area contributed by atoms with E-state index in [1.807, 2.05) is 0 Å². The quantitative estimate of drug-likeness (QED) is 0.547. The van der Waals surface area contributed by atoms with E-state index in [1.54, 1.807) is 62.4 Å². The van der Waals surface area contributed by atoms with Gasteiger partial charge in [-0.2, -0.15) is 0 Å². The Morgan fingerprint density at radius 3 is 2.07 bits per heavy atom. The lowest BCUT2D eigenvalue weighted by molar-refractivity contribution is -0.118. The first-order valence-corrected chi connectivity index (χ1v) is 10.7. The highest BCUT2D eigenvalue weighted by Gasteiger charge is 2.11. The van der Waals surface area contributed by atoms with Crippen LogP contribution in [0.4, 0.5) is 11.4 Å². The van der Waals surface area contributed by atoms with Crippen molar-refractivity contribution in [2.75, 3.05) is 17.2 Å². The molecule has 0 bridgehead atoms. The second kappa shape index (κ2) is 9.99. The molecule has 2 amide bonds. The van der Waals surface area contributed by atoms with Crippen LogP contribution in [0.3, 0.4) is 0 Å². The molecule has 154 valence electrons. The van der Waals surface area contributed by atoms with Crippen molar-refractivity contribution in [3.8, 4) is 0 Å². The van der Waals surface area contributed by atoms with Gasteiger partial charge in [0.25, 0.3) is 5.91 Å². The number of benzene rings is 2. The van der Waals surface area contributed by atoms with E-state index in [9.17, 15) is 18.0 Å². The van der Waals surface area contributed by atoms with Crippen LogP contribution in [0.5, 0.6) is 0 Å². The Kier molecular flexibility index (Phi) is 7.69. The normalized spacial score (nSPS) is 11.1. The zero-order chi connectivity index (χ0) is 21.4. The summed E-state index contributed by atoms with van der Waals surface area (Å²) < 4.78 is 26.2. The van der Waals surface area contributed by atoms with Crippen LogP contribution in [0, 0.1) is 5.92 Å². The summed E-state index contributed by atoms with van der Waals surface area (Å²) in [6.07, 6.45) is 1.47. The van der Waals surface area contributed by atoms with Gasteiger partial charge in [-0.3, -0.25) is 9.59 Å². The zero-order valence-corrected chi connectivity index (χ0v) is 17.3. The van der Waals surface area contributed by atoms with Crippen molar-refractivity contribution in [2.24, 2.45) is 5.92 Å². The van der Waals surface area contributed by atoms with Crippen LogP contribution in [0.2, 0.25) is 0 Å². The molecule has 0 fully saturated rings. The minimum atomic E-state index is -3.43. The summed E-state index contributed by atoms with van der Waals surface area (Å²) in [5.74, 6) is -0.684. The van der Waals surface area contributed by atoms with Crippen molar-refractivity contribution in [3.05, 3.63) is 72.3 Å². The fourth-order valence-electron chi connectivity index (χ4n) is 2.34. The second-order valence-electron chi connectivity index (χ2n) is 6.77. The predicted molar refractivity (Wildman–Crippen MR) is 115 cm³/mol. The average Bonchev–Trinajstić information content (AvgIpc) is 2.68. The molecule has 0 aliphatic carbocycles. The number of nitrogens with one attached hydrogen (secondary N) is 3. The van der Waals surface area contributed by atoms with E-state index in [0.717, 1.165) is 0 Å². The van der Waals surface area contributed by atoms with Gasteiger partial charge in [0, 0.05) is 29.4 Å². The fraction of sp³-hybridized carbons (Fsp3) is 0.238. The van der Waals surface area contributed by atoms with Gasteiger partial charge in [0.05, 0.1) is 5.75 Å². The lowest BCUT2D eigenvalue weighted by Crippen LogP contribution is -2.25. The summed E-state index contributed by atoms with van der Waals surface area (Å²) in [5.41, 5.74) is 2.21. The minimum absolute atomic E-state index is 0.0935. The maximum Gasteiger partial charge on any atom is 0.255 e. The van der Waals surface area contributed by atoms with Crippen LogP contribution >= 0.6 is 0 Å². The molecule has 0 saturated heterocycles. The number of rotatable bonds is 9. The highest BCUT2D eigenvalue weighted by molar-refractivity contribution is 7.88. The summed E-state index contributed by atoms with van der Waals surface area (Å²) in [6.45, 7) is 7.25. The average molecular weight is 416 g/mol. The zero-order valence-electron chi connectivity index (χ0n) is 16.4. The van der Waals surface area contributed by atoms with Crippen molar-refractivity contribution < 1.29 is 18.0 Å². The predicted octanol–water partition coefficient (Wildman–Crippen LogP) is 3.14. The van der Waals surface area contributed by atoms with E-state index in [4.69, 9.17) is 0 Å². The Morgan fingerprint density at radius 2 is 1.52 bits per heavy atom. The van der Waals surface area contributed by atoms with Gasteiger partial charge in [0.2, 0.25) is 15.9 Å². The number of amides is 2. The number of hydrogen-bond donors (Lipinski definition) is 3. The molecule has 0 aromatic heterocycles. The minimum Gasteiger partial charge on any atom is -0.326 e. The molecular formula is C21H25N3O4S. The maximum absolute atomic E-state index is 12.4. The Morgan fingerprint density at radius 1 is 0.966 bits per heavy atom. The largest absolute Gasteiger partial charge is 0.326 e. The molecule has 29 heavy (non-hydrogen) atoms. The number of carbonyl (C=O) groups excluding carboxylic acids is 2. The molecule has 0 aliphatic rings. The third-order valence-electron chi connectivity index (χ3n) is 3.96.